The van der Waals surface area contributed by atoms with Crippen molar-refractivity contribution in [3.63, 3.8) is 0 Å². The summed E-state index contributed by atoms with van der Waals surface area (Å²) in [6, 6.07) is -0.139. The Kier molecular flexibility index (Phi) is 5.52. The number of anilines is 1. The van der Waals surface area contributed by atoms with Gasteiger partial charge in [-0.15, -0.1) is 0 Å². The Bertz CT molecular complexity index is 1240. The minimum atomic E-state index is -5.04. The third-order valence-electron chi connectivity index (χ3n) is 4.37. The van der Waals surface area contributed by atoms with Crippen LogP contribution in [0, 0.1) is 40.7 Å². The first-order valence-electron chi connectivity index (χ1n) is 7.99. The molecule has 164 valence electrons. The highest BCUT2D eigenvalue weighted by atomic mass is 32.2. The summed E-state index contributed by atoms with van der Waals surface area (Å²) in [5.74, 6) is -15.5. The number of rotatable bonds is 4. The van der Waals surface area contributed by atoms with Gasteiger partial charge in [-0.25, -0.2) is 47.6 Å². The van der Waals surface area contributed by atoms with Crippen molar-refractivity contribution in [1.29, 1.82) is 0 Å². The van der Waals surface area contributed by atoms with Gasteiger partial charge in [0.2, 0.25) is 0 Å². The van der Waals surface area contributed by atoms with Gasteiger partial charge >= 0.3 is 0 Å². The summed E-state index contributed by atoms with van der Waals surface area (Å²) in [5.41, 5.74) is -0.957. The quantitative estimate of drug-likeness (QED) is 0.501. The lowest BCUT2D eigenvalue weighted by molar-refractivity contribution is 0.419. The average Bonchev–Trinajstić information content (AvgIpc) is 2.63. The summed E-state index contributed by atoms with van der Waals surface area (Å²) in [7, 11) is -9.49. The summed E-state index contributed by atoms with van der Waals surface area (Å²) < 4.78 is 145. The summed E-state index contributed by atoms with van der Waals surface area (Å²) in [6.45, 7) is -1.40. The van der Waals surface area contributed by atoms with Gasteiger partial charge in [0, 0.05) is 25.2 Å². The van der Waals surface area contributed by atoms with Crippen LogP contribution in [0.3, 0.4) is 0 Å². The Morgan fingerprint density at radius 1 is 0.833 bits per heavy atom. The van der Waals surface area contributed by atoms with E-state index in [0.29, 0.717) is 0 Å². The Balaban J connectivity index is 2.02. The van der Waals surface area contributed by atoms with Crippen molar-refractivity contribution >= 4 is 25.4 Å². The number of fused-ring (bicyclic) bond motifs is 1. The van der Waals surface area contributed by atoms with Crippen LogP contribution in [0.25, 0.3) is 0 Å². The molecule has 0 atom stereocenters. The second-order valence-electron chi connectivity index (χ2n) is 6.25. The highest BCUT2D eigenvalue weighted by Crippen LogP contribution is 2.36. The van der Waals surface area contributed by atoms with Gasteiger partial charge in [-0.1, -0.05) is 0 Å². The van der Waals surface area contributed by atoms with Gasteiger partial charge in [-0.05, 0) is 0 Å². The van der Waals surface area contributed by atoms with E-state index in [1.54, 1.807) is 0 Å². The van der Waals surface area contributed by atoms with Crippen LogP contribution >= 0.6 is 0 Å². The highest BCUT2D eigenvalue weighted by Gasteiger charge is 2.37. The Hall–Kier alpha value is -2.35. The first kappa shape index (κ1) is 22.3. The van der Waals surface area contributed by atoms with E-state index >= 15 is 0 Å². The molecule has 0 spiro atoms. The monoisotopic (exact) mass is 477 g/mol. The molecular formula is C16H10F7NO4S2. The zero-order valence-electron chi connectivity index (χ0n) is 14.5. The number of hydrogen-bond donors (Lipinski definition) is 0. The van der Waals surface area contributed by atoms with Crippen LogP contribution < -0.4 is 4.90 Å². The standard InChI is InChI=1S/C16H10F7NO4S2/c17-7-5-8(18)12(22)15(11(7)21)29(25,26)3-1-24-2-4-30(27,28)16-13(23)9(19)6-10(20)14(16)24/h5-6H,1-4H2. The lowest BCUT2D eigenvalue weighted by Gasteiger charge is -2.31. The van der Waals surface area contributed by atoms with Crippen molar-refractivity contribution in [3.05, 3.63) is 52.9 Å². The molecule has 0 aromatic heterocycles. The molecule has 0 N–H and O–H groups in total. The molecule has 0 bridgehead atoms. The van der Waals surface area contributed by atoms with Crippen LogP contribution in [0.1, 0.15) is 0 Å². The van der Waals surface area contributed by atoms with E-state index < -0.39 is 100 Å². The molecular weight excluding hydrogens is 467 g/mol. The first-order chi connectivity index (χ1) is 13.8. The smallest absolute Gasteiger partial charge is 0.186 e. The van der Waals surface area contributed by atoms with Crippen molar-refractivity contribution in [1.82, 2.24) is 0 Å². The van der Waals surface area contributed by atoms with Crippen LogP contribution in [0.5, 0.6) is 0 Å². The molecule has 0 aliphatic carbocycles. The van der Waals surface area contributed by atoms with E-state index in [0.717, 1.165) is 4.90 Å². The van der Waals surface area contributed by atoms with Crippen LogP contribution in [0.2, 0.25) is 0 Å². The van der Waals surface area contributed by atoms with E-state index in [2.05, 4.69) is 0 Å². The fourth-order valence-corrected chi connectivity index (χ4v) is 5.93. The molecule has 1 heterocycles. The van der Waals surface area contributed by atoms with Crippen LogP contribution in [-0.2, 0) is 19.7 Å². The third kappa shape index (κ3) is 3.62. The highest BCUT2D eigenvalue weighted by molar-refractivity contribution is 7.92. The molecule has 3 rings (SSSR count). The third-order valence-corrected chi connectivity index (χ3v) is 7.79. The summed E-state index contributed by atoms with van der Waals surface area (Å²) in [4.78, 5) is -2.49. The van der Waals surface area contributed by atoms with E-state index in [1.165, 1.54) is 0 Å². The van der Waals surface area contributed by atoms with Crippen molar-refractivity contribution in [3.8, 4) is 0 Å². The molecule has 5 nitrogen and oxygen atoms in total. The molecule has 14 heteroatoms. The zero-order valence-corrected chi connectivity index (χ0v) is 16.2. The van der Waals surface area contributed by atoms with Gasteiger partial charge in [0.15, 0.2) is 60.4 Å². The Morgan fingerprint density at radius 3 is 1.90 bits per heavy atom. The van der Waals surface area contributed by atoms with E-state index in [1.807, 2.05) is 0 Å². The SMILES string of the molecule is O=S(=O)(CCN1CCS(=O)(=O)c2c(F)c(F)cc(F)c21)c1c(F)c(F)cc(F)c1F. The van der Waals surface area contributed by atoms with Crippen molar-refractivity contribution in [2.24, 2.45) is 0 Å². The number of sulfone groups is 2. The summed E-state index contributed by atoms with van der Waals surface area (Å²) >= 11 is 0. The number of benzene rings is 2. The molecule has 30 heavy (non-hydrogen) atoms. The first-order valence-corrected chi connectivity index (χ1v) is 11.3. The largest absolute Gasteiger partial charge is 0.366 e. The average molecular weight is 477 g/mol. The Labute approximate surface area is 165 Å². The number of nitrogens with zero attached hydrogens (tertiary/aromatic N) is 1. The van der Waals surface area contributed by atoms with Gasteiger partial charge in [-0.2, -0.15) is 0 Å². The van der Waals surface area contributed by atoms with Gasteiger partial charge in [0.1, 0.15) is 9.79 Å². The molecule has 2 aromatic carbocycles. The molecule has 0 radical (unpaired) electrons. The van der Waals surface area contributed by atoms with E-state index in [4.69, 9.17) is 0 Å². The van der Waals surface area contributed by atoms with Crippen molar-refractivity contribution < 1.29 is 47.6 Å². The lowest BCUT2D eigenvalue weighted by atomic mass is 10.2. The maximum Gasteiger partial charge on any atom is 0.186 e. The topological polar surface area (TPSA) is 71.5 Å². The number of halogens is 7. The van der Waals surface area contributed by atoms with E-state index in [-0.39, 0.29) is 12.1 Å². The predicted molar refractivity (Wildman–Crippen MR) is 88.9 cm³/mol. The minimum Gasteiger partial charge on any atom is -0.366 e. The Morgan fingerprint density at radius 2 is 1.33 bits per heavy atom. The molecule has 0 fully saturated rings. The van der Waals surface area contributed by atoms with Crippen LogP contribution in [-0.4, -0.2) is 41.4 Å². The molecule has 0 amide bonds. The lowest BCUT2D eigenvalue weighted by Crippen LogP contribution is -2.39. The fraction of sp³-hybridized carbons (Fsp3) is 0.250. The van der Waals surface area contributed by atoms with Crippen molar-refractivity contribution in [2.45, 2.75) is 9.79 Å². The second kappa shape index (κ2) is 7.41. The predicted octanol–water partition coefficient (Wildman–Crippen LogP) is 2.73. The van der Waals surface area contributed by atoms with Crippen LogP contribution in [0.4, 0.5) is 36.4 Å². The van der Waals surface area contributed by atoms with Gasteiger partial charge < -0.3 is 4.90 Å². The van der Waals surface area contributed by atoms with Crippen molar-refractivity contribution in [2.75, 3.05) is 29.5 Å². The molecule has 0 saturated carbocycles. The maximum atomic E-state index is 14.2. The normalized spacial score (nSPS) is 15.9. The number of hydrogen-bond acceptors (Lipinski definition) is 5. The van der Waals surface area contributed by atoms with Gasteiger partial charge in [0.05, 0.1) is 17.2 Å². The summed E-state index contributed by atoms with van der Waals surface area (Å²) in [6.07, 6.45) is 0. The molecule has 0 unspecified atom stereocenters. The summed E-state index contributed by atoms with van der Waals surface area (Å²) in [5, 5.41) is 0. The van der Waals surface area contributed by atoms with E-state index in [9.17, 15) is 47.6 Å². The minimum absolute atomic E-state index is 0.0534. The second-order valence-corrected chi connectivity index (χ2v) is 10.3. The molecule has 0 saturated heterocycles. The van der Waals surface area contributed by atoms with Gasteiger partial charge in [-0.3, -0.25) is 0 Å². The molecule has 1 aliphatic heterocycles. The zero-order chi connectivity index (χ0) is 22.6. The fourth-order valence-electron chi connectivity index (χ4n) is 2.97. The molecule has 1 aliphatic rings. The maximum absolute atomic E-state index is 14.2. The molecule has 2 aromatic rings. The van der Waals surface area contributed by atoms with Crippen LogP contribution in [0.15, 0.2) is 21.9 Å². The van der Waals surface area contributed by atoms with Gasteiger partial charge in [0.25, 0.3) is 0 Å².